The molecule has 0 spiro atoms. The van der Waals surface area contributed by atoms with Gasteiger partial charge in [-0.25, -0.2) is 9.59 Å². The van der Waals surface area contributed by atoms with Crippen LogP contribution in [0.1, 0.15) is 39.5 Å². The molecule has 39 heavy (non-hydrogen) atoms. The molecule has 0 fully saturated rings. The Kier molecular flexibility index (Phi) is 18.6. The maximum Gasteiger partial charge on any atom is 0.335 e. The number of carbonyl (C=O) groups is 6. The maximum absolute atomic E-state index is 11.6. The molecule has 14 nitrogen and oxygen atoms in total. The zero-order chi connectivity index (χ0) is 29.8. The van der Waals surface area contributed by atoms with Crippen LogP contribution in [-0.4, -0.2) is 88.9 Å². The van der Waals surface area contributed by atoms with Crippen molar-refractivity contribution in [1.29, 1.82) is 0 Å². The monoisotopic (exact) mass is 578 g/mol. The Hall–Kier alpha value is -3.49. The van der Waals surface area contributed by atoms with E-state index in [1.807, 2.05) is 0 Å². The van der Waals surface area contributed by atoms with Gasteiger partial charge in [-0.3, -0.25) is 19.2 Å². The SMILES string of the molecule is CCOC(=O)CC(=O)Cl.CCOC(=O)CC(=O)NC1=C(C(=O)OC)CCOC1.COC(=O)C1=C(N)COCC1. The van der Waals surface area contributed by atoms with Gasteiger partial charge in [-0.2, -0.15) is 0 Å². The van der Waals surface area contributed by atoms with Crippen molar-refractivity contribution in [2.24, 2.45) is 5.73 Å². The Balaban J connectivity index is 0.000000612. The maximum atomic E-state index is 11.6. The molecule has 3 N–H and O–H groups in total. The number of carbonyl (C=O) groups excluding carboxylic acids is 6. The Bertz CT molecular complexity index is 945. The first kappa shape index (κ1) is 35.5. The fourth-order valence-corrected chi connectivity index (χ4v) is 3.00. The predicted molar refractivity (Wildman–Crippen MR) is 135 cm³/mol. The zero-order valence-electron chi connectivity index (χ0n) is 22.4. The summed E-state index contributed by atoms with van der Waals surface area (Å²) in [5, 5.41) is 1.80. The third kappa shape index (κ3) is 15.5. The van der Waals surface area contributed by atoms with Crippen molar-refractivity contribution in [3.05, 3.63) is 22.5 Å². The smallest absolute Gasteiger partial charge is 0.335 e. The van der Waals surface area contributed by atoms with Gasteiger partial charge in [-0.1, -0.05) is 0 Å². The number of ether oxygens (including phenoxy) is 6. The minimum absolute atomic E-state index is 0.110. The molecule has 0 radical (unpaired) electrons. The lowest BCUT2D eigenvalue weighted by Crippen LogP contribution is -2.32. The highest BCUT2D eigenvalue weighted by Gasteiger charge is 2.22. The molecule has 220 valence electrons. The summed E-state index contributed by atoms with van der Waals surface area (Å²) < 4.78 is 28.4. The van der Waals surface area contributed by atoms with Crippen LogP contribution in [0.2, 0.25) is 0 Å². The van der Waals surface area contributed by atoms with Gasteiger partial charge in [0.1, 0.15) is 12.8 Å². The van der Waals surface area contributed by atoms with E-state index in [0.29, 0.717) is 55.2 Å². The molecule has 0 aromatic heterocycles. The summed E-state index contributed by atoms with van der Waals surface area (Å²) in [6.07, 6.45) is 0.182. The van der Waals surface area contributed by atoms with Gasteiger partial charge in [0.25, 0.3) is 0 Å². The molecule has 15 heteroatoms. The second kappa shape index (κ2) is 20.5. The summed E-state index contributed by atoms with van der Waals surface area (Å²) in [6, 6.07) is 0. The number of rotatable bonds is 9. The minimum Gasteiger partial charge on any atom is -0.466 e. The summed E-state index contributed by atoms with van der Waals surface area (Å²) in [4.78, 5) is 65.5. The molecule has 2 aliphatic rings. The number of esters is 4. The first-order valence-electron chi connectivity index (χ1n) is 11.8. The lowest BCUT2D eigenvalue weighted by Gasteiger charge is -2.19. The van der Waals surface area contributed by atoms with E-state index in [1.54, 1.807) is 13.8 Å². The molecule has 2 aliphatic heterocycles. The van der Waals surface area contributed by atoms with Crippen LogP contribution < -0.4 is 11.1 Å². The molecule has 0 saturated heterocycles. The highest BCUT2D eigenvalue weighted by Crippen LogP contribution is 2.15. The van der Waals surface area contributed by atoms with E-state index < -0.39 is 35.5 Å². The third-order valence-corrected chi connectivity index (χ3v) is 4.74. The number of nitrogens with one attached hydrogen (secondary N) is 1. The van der Waals surface area contributed by atoms with Crippen LogP contribution in [-0.2, 0) is 57.2 Å². The van der Waals surface area contributed by atoms with Crippen LogP contribution in [0.4, 0.5) is 0 Å². The van der Waals surface area contributed by atoms with Crippen LogP contribution >= 0.6 is 11.6 Å². The van der Waals surface area contributed by atoms with Crippen molar-refractivity contribution >= 4 is 46.6 Å². The van der Waals surface area contributed by atoms with Crippen LogP contribution in [0, 0.1) is 0 Å². The topological polar surface area (TPSA) is 196 Å². The molecule has 0 aromatic carbocycles. The van der Waals surface area contributed by atoms with Crippen molar-refractivity contribution in [1.82, 2.24) is 5.32 Å². The summed E-state index contributed by atoms with van der Waals surface area (Å²) in [5.74, 6) is -2.57. The van der Waals surface area contributed by atoms with Crippen molar-refractivity contribution < 1.29 is 57.2 Å². The second-order valence-corrected chi connectivity index (χ2v) is 7.84. The Morgan fingerprint density at radius 3 is 1.79 bits per heavy atom. The molecule has 0 bridgehead atoms. The molecule has 0 unspecified atom stereocenters. The number of halogens is 1. The van der Waals surface area contributed by atoms with E-state index >= 15 is 0 Å². The van der Waals surface area contributed by atoms with Crippen molar-refractivity contribution in [3.63, 3.8) is 0 Å². The number of hydrogen-bond acceptors (Lipinski definition) is 13. The standard InChI is InChI=1S/C12H17NO6.C7H11NO3.C5H7ClO3/c1-3-19-11(15)6-10(14)13-9-7-18-5-4-8(9)12(16)17-2;1-10-7(9)5-2-3-11-4-6(5)8;1-2-9-5(8)3-4(6)7/h3-7H2,1-2H3,(H,13,14);2-4,8H2,1H3;2-3H2,1H3. The lowest BCUT2D eigenvalue weighted by molar-refractivity contribution is -0.146. The zero-order valence-corrected chi connectivity index (χ0v) is 23.2. The van der Waals surface area contributed by atoms with E-state index in [4.69, 9.17) is 26.8 Å². The summed E-state index contributed by atoms with van der Waals surface area (Å²) in [6.45, 7) is 5.20. The van der Waals surface area contributed by atoms with Gasteiger partial charge in [0, 0.05) is 18.5 Å². The van der Waals surface area contributed by atoms with Crippen LogP contribution in [0.5, 0.6) is 0 Å². The van der Waals surface area contributed by atoms with Crippen LogP contribution in [0.25, 0.3) is 0 Å². The largest absolute Gasteiger partial charge is 0.466 e. The Morgan fingerprint density at radius 2 is 1.31 bits per heavy atom. The molecular weight excluding hydrogens is 544 g/mol. The highest BCUT2D eigenvalue weighted by molar-refractivity contribution is 6.64. The molecule has 0 saturated carbocycles. The molecule has 0 atom stereocenters. The predicted octanol–water partition coefficient (Wildman–Crippen LogP) is 0.401. The average Bonchev–Trinajstić information content (AvgIpc) is 2.89. The van der Waals surface area contributed by atoms with Gasteiger partial charge in [-0.05, 0) is 25.4 Å². The molecule has 0 aromatic rings. The summed E-state index contributed by atoms with van der Waals surface area (Å²) >= 11 is 4.87. The van der Waals surface area contributed by atoms with Gasteiger partial charge in [0.15, 0.2) is 0 Å². The van der Waals surface area contributed by atoms with Gasteiger partial charge < -0.3 is 39.5 Å². The van der Waals surface area contributed by atoms with Gasteiger partial charge in [-0.15, -0.1) is 0 Å². The second-order valence-electron chi connectivity index (χ2n) is 7.42. The van der Waals surface area contributed by atoms with Crippen LogP contribution in [0.15, 0.2) is 22.5 Å². The fourth-order valence-electron chi connectivity index (χ4n) is 2.89. The van der Waals surface area contributed by atoms with E-state index in [1.165, 1.54) is 14.2 Å². The first-order chi connectivity index (χ1) is 18.5. The quantitative estimate of drug-likeness (QED) is 0.165. The van der Waals surface area contributed by atoms with Crippen molar-refractivity contribution in [3.8, 4) is 0 Å². The van der Waals surface area contributed by atoms with Crippen molar-refractivity contribution in [2.45, 2.75) is 39.5 Å². The average molecular weight is 579 g/mol. The van der Waals surface area contributed by atoms with E-state index in [0.717, 1.165) is 0 Å². The Labute approximate surface area is 231 Å². The number of hydrogen-bond donors (Lipinski definition) is 2. The Morgan fingerprint density at radius 1 is 0.821 bits per heavy atom. The molecular formula is C24H35ClN2O12. The first-order valence-corrected chi connectivity index (χ1v) is 12.2. The molecule has 0 aliphatic carbocycles. The van der Waals surface area contributed by atoms with E-state index in [-0.39, 0.29) is 32.2 Å². The minimum atomic E-state index is -0.687. The lowest BCUT2D eigenvalue weighted by atomic mass is 10.1. The van der Waals surface area contributed by atoms with Crippen molar-refractivity contribution in [2.75, 3.05) is 53.9 Å². The fraction of sp³-hybridized carbons (Fsp3) is 0.583. The molecule has 2 rings (SSSR count). The summed E-state index contributed by atoms with van der Waals surface area (Å²) in [7, 11) is 2.61. The number of nitrogens with two attached hydrogens (primary N) is 1. The van der Waals surface area contributed by atoms with Gasteiger partial charge in [0.05, 0.1) is 70.7 Å². The summed E-state index contributed by atoms with van der Waals surface area (Å²) in [5.41, 5.74) is 7.26. The van der Waals surface area contributed by atoms with E-state index in [9.17, 15) is 28.8 Å². The third-order valence-electron chi connectivity index (χ3n) is 4.60. The number of amides is 1. The highest BCUT2D eigenvalue weighted by atomic mass is 35.5. The molecule has 1 amide bonds. The van der Waals surface area contributed by atoms with Gasteiger partial charge >= 0.3 is 23.9 Å². The van der Waals surface area contributed by atoms with Gasteiger partial charge in [0.2, 0.25) is 11.1 Å². The normalized spacial score (nSPS) is 14.4. The van der Waals surface area contributed by atoms with E-state index in [2.05, 4.69) is 24.3 Å². The molecule has 2 heterocycles. The number of methoxy groups -OCH3 is 2. The van der Waals surface area contributed by atoms with Crippen LogP contribution in [0.3, 0.4) is 0 Å².